The van der Waals surface area contributed by atoms with Crippen molar-refractivity contribution in [2.45, 2.75) is 26.2 Å². The van der Waals surface area contributed by atoms with Gasteiger partial charge in [0.1, 0.15) is 12.1 Å². The van der Waals surface area contributed by atoms with Gasteiger partial charge in [-0.1, -0.05) is 31.2 Å². The molecule has 0 spiro atoms. The first-order valence-corrected chi connectivity index (χ1v) is 8.83. The van der Waals surface area contributed by atoms with Crippen LogP contribution in [0.5, 0.6) is 0 Å². The normalized spacial score (nSPS) is 13.2. The van der Waals surface area contributed by atoms with Crippen molar-refractivity contribution in [2.24, 2.45) is 0 Å². The van der Waals surface area contributed by atoms with Crippen LogP contribution in [-0.4, -0.2) is 15.0 Å². The lowest BCUT2D eigenvalue weighted by atomic mass is 10.0. The van der Waals surface area contributed by atoms with Gasteiger partial charge in [-0.15, -0.1) is 0 Å². The molecule has 0 bridgehead atoms. The minimum Gasteiger partial charge on any atom is -0.340 e. The van der Waals surface area contributed by atoms with E-state index in [0.717, 1.165) is 27.6 Å². The zero-order valence-corrected chi connectivity index (χ0v) is 15.4. The zero-order valence-electron chi connectivity index (χ0n) is 15.4. The molecule has 0 aliphatic carbocycles. The van der Waals surface area contributed by atoms with Gasteiger partial charge in [0.2, 0.25) is 0 Å². The van der Waals surface area contributed by atoms with Crippen molar-refractivity contribution in [1.82, 2.24) is 15.0 Å². The third-order valence-electron chi connectivity index (χ3n) is 4.34. The van der Waals surface area contributed by atoms with Crippen LogP contribution in [-0.2, 0) is 6.42 Å². The number of benzene rings is 1. The van der Waals surface area contributed by atoms with E-state index < -0.39 is 0 Å². The monoisotopic (exact) mass is 355 g/mol. The number of pyridine rings is 1. The van der Waals surface area contributed by atoms with Crippen LogP contribution >= 0.6 is 0 Å². The van der Waals surface area contributed by atoms with Gasteiger partial charge < -0.3 is 5.32 Å². The van der Waals surface area contributed by atoms with Gasteiger partial charge in [0.15, 0.2) is 0 Å². The highest BCUT2D eigenvalue weighted by atomic mass is 15.0. The van der Waals surface area contributed by atoms with E-state index in [9.17, 15) is 0 Å². The van der Waals surface area contributed by atoms with Crippen molar-refractivity contribution in [3.8, 4) is 6.07 Å². The molecule has 0 fully saturated rings. The minimum absolute atomic E-state index is 0.191. The highest BCUT2D eigenvalue weighted by Crippen LogP contribution is 2.16. The molecule has 5 nitrogen and oxygen atoms in total. The van der Waals surface area contributed by atoms with E-state index in [1.807, 2.05) is 49.4 Å². The largest absolute Gasteiger partial charge is 0.340 e. The summed E-state index contributed by atoms with van der Waals surface area (Å²) >= 11 is 0. The number of aromatic nitrogens is 3. The molecule has 27 heavy (non-hydrogen) atoms. The summed E-state index contributed by atoms with van der Waals surface area (Å²) in [6.45, 7) is 4.11. The van der Waals surface area contributed by atoms with E-state index in [0.29, 0.717) is 6.42 Å². The molecule has 1 aromatic carbocycles. The molecular weight excluding hydrogens is 334 g/mol. The van der Waals surface area contributed by atoms with Crippen LogP contribution in [0.15, 0.2) is 55.1 Å². The van der Waals surface area contributed by atoms with Crippen molar-refractivity contribution in [3.05, 3.63) is 76.8 Å². The third kappa shape index (κ3) is 4.56. The Labute approximate surface area is 158 Å². The van der Waals surface area contributed by atoms with E-state index in [1.54, 1.807) is 18.7 Å². The lowest BCUT2D eigenvalue weighted by Gasteiger charge is -2.10. The van der Waals surface area contributed by atoms with Gasteiger partial charge in [-0.3, -0.25) is 4.98 Å². The van der Waals surface area contributed by atoms with Gasteiger partial charge in [0.25, 0.3) is 0 Å². The van der Waals surface area contributed by atoms with Crippen molar-refractivity contribution >= 4 is 23.7 Å². The number of rotatable bonds is 5. The summed E-state index contributed by atoms with van der Waals surface area (Å²) in [6.07, 6.45) is 9.72. The Bertz CT molecular complexity index is 1050. The molecule has 5 heteroatoms. The van der Waals surface area contributed by atoms with Gasteiger partial charge >= 0.3 is 0 Å². The lowest BCUT2D eigenvalue weighted by molar-refractivity contribution is 0.997. The molecule has 3 rings (SSSR count). The van der Waals surface area contributed by atoms with E-state index in [1.165, 1.54) is 5.56 Å². The molecule has 0 radical (unpaired) electrons. The SMILES string of the molecule is CC=c1ncnc(Nc2ccc(CC#N)cc2)c1=CC(C)c1ccncc1. The molecule has 134 valence electrons. The summed E-state index contributed by atoms with van der Waals surface area (Å²) in [4.78, 5) is 12.9. The maximum Gasteiger partial charge on any atom is 0.141 e. The van der Waals surface area contributed by atoms with Crippen LogP contribution in [0, 0.1) is 11.3 Å². The second kappa shape index (κ2) is 8.72. The van der Waals surface area contributed by atoms with Crippen LogP contribution in [0.1, 0.15) is 30.9 Å². The summed E-state index contributed by atoms with van der Waals surface area (Å²) in [6, 6.07) is 14.0. The Kier molecular flexibility index (Phi) is 5.91. The van der Waals surface area contributed by atoms with Gasteiger partial charge in [-0.2, -0.15) is 5.26 Å². The summed E-state index contributed by atoms with van der Waals surface area (Å²) in [5.41, 5.74) is 3.10. The van der Waals surface area contributed by atoms with Gasteiger partial charge in [-0.25, -0.2) is 9.97 Å². The standard InChI is InChI=1S/C22H21N5/c1-3-21-20(14-16(2)18-9-12-24-13-10-18)22(26-15-25-21)27-19-6-4-17(5-7-19)8-11-23/h3-7,9-10,12-16H,8H2,1-2H3,(H,25,26,27). The molecule has 0 saturated carbocycles. The predicted octanol–water partition coefficient (Wildman–Crippen LogP) is 3.07. The quantitative estimate of drug-likeness (QED) is 0.761. The highest BCUT2D eigenvalue weighted by Gasteiger charge is 2.06. The van der Waals surface area contributed by atoms with Gasteiger partial charge in [-0.05, 0) is 42.3 Å². The third-order valence-corrected chi connectivity index (χ3v) is 4.34. The number of hydrogen-bond acceptors (Lipinski definition) is 5. The van der Waals surface area contributed by atoms with Crippen LogP contribution in [0.4, 0.5) is 11.5 Å². The first-order chi connectivity index (χ1) is 13.2. The number of nitriles is 1. The van der Waals surface area contributed by atoms with Gasteiger partial charge in [0, 0.05) is 29.2 Å². The van der Waals surface area contributed by atoms with Crippen LogP contribution in [0.25, 0.3) is 12.2 Å². The molecule has 0 amide bonds. The predicted molar refractivity (Wildman–Crippen MR) is 108 cm³/mol. The Morgan fingerprint density at radius 3 is 2.52 bits per heavy atom. The second-order valence-corrected chi connectivity index (χ2v) is 6.20. The number of hydrogen-bond donors (Lipinski definition) is 1. The molecule has 2 heterocycles. The summed E-state index contributed by atoms with van der Waals surface area (Å²) in [7, 11) is 0. The van der Waals surface area contributed by atoms with E-state index in [4.69, 9.17) is 5.26 Å². The van der Waals surface area contributed by atoms with E-state index >= 15 is 0 Å². The molecule has 1 atom stereocenters. The van der Waals surface area contributed by atoms with Crippen molar-refractivity contribution in [2.75, 3.05) is 5.32 Å². The average molecular weight is 355 g/mol. The average Bonchev–Trinajstić information content (AvgIpc) is 2.71. The van der Waals surface area contributed by atoms with Crippen LogP contribution in [0.2, 0.25) is 0 Å². The Hall–Kier alpha value is -3.52. The molecule has 0 saturated heterocycles. The zero-order chi connectivity index (χ0) is 19.1. The summed E-state index contributed by atoms with van der Waals surface area (Å²) < 4.78 is 0. The number of nitrogens with one attached hydrogen (secondary N) is 1. The fourth-order valence-corrected chi connectivity index (χ4v) is 2.85. The second-order valence-electron chi connectivity index (χ2n) is 6.20. The van der Waals surface area contributed by atoms with Crippen LogP contribution < -0.4 is 15.9 Å². The highest BCUT2D eigenvalue weighted by molar-refractivity contribution is 5.59. The Morgan fingerprint density at radius 2 is 1.85 bits per heavy atom. The molecule has 1 N–H and O–H groups in total. The molecule has 1 unspecified atom stereocenters. The molecule has 0 aliphatic heterocycles. The summed E-state index contributed by atoms with van der Waals surface area (Å²) in [5, 5.41) is 14.0. The smallest absolute Gasteiger partial charge is 0.141 e. The Balaban J connectivity index is 1.99. The molecule has 3 aromatic rings. The number of anilines is 2. The van der Waals surface area contributed by atoms with E-state index in [2.05, 4.69) is 39.3 Å². The molecule has 2 aromatic heterocycles. The lowest BCUT2D eigenvalue weighted by Crippen LogP contribution is -2.32. The fraction of sp³-hybridized carbons (Fsp3) is 0.182. The topological polar surface area (TPSA) is 74.5 Å². The van der Waals surface area contributed by atoms with Gasteiger partial charge in [0.05, 0.1) is 17.8 Å². The minimum atomic E-state index is 0.191. The number of nitrogens with zero attached hydrogens (tertiary/aromatic N) is 4. The van der Waals surface area contributed by atoms with Crippen molar-refractivity contribution in [3.63, 3.8) is 0 Å². The molecular formula is C22H21N5. The van der Waals surface area contributed by atoms with Crippen LogP contribution in [0.3, 0.4) is 0 Å². The summed E-state index contributed by atoms with van der Waals surface area (Å²) in [5.74, 6) is 0.947. The maximum atomic E-state index is 8.80. The Morgan fingerprint density at radius 1 is 1.11 bits per heavy atom. The van der Waals surface area contributed by atoms with Crippen molar-refractivity contribution < 1.29 is 0 Å². The fourth-order valence-electron chi connectivity index (χ4n) is 2.85. The first kappa shape index (κ1) is 18.3. The molecule has 0 aliphatic rings. The van der Waals surface area contributed by atoms with E-state index in [-0.39, 0.29) is 5.92 Å². The maximum absolute atomic E-state index is 8.80. The first-order valence-electron chi connectivity index (χ1n) is 8.83. The van der Waals surface area contributed by atoms with Crippen molar-refractivity contribution in [1.29, 1.82) is 5.26 Å².